The zero-order valence-corrected chi connectivity index (χ0v) is 9.33. The molecule has 1 aromatic rings. The summed E-state index contributed by atoms with van der Waals surface area (Å²) in [5, 5.41) is 2.40. The molecule has 5 nitrogen and oxygen atoms in total. The van der Waals surface area contributed by atoms with Gasteiger partial charge in [0.1, 0.15) is 12.4 Å². The summed E-state index contributed by atoms with van der Waals surface area (Å²) in [6.07, 6.45) is -0.916. The minimum Gasteiger partial charge on any atom is -0.448 e. The second-order valence-corrected chi connectivity index (χ2v) is 3.41. The molecule has 2 amide bonds. The maximum Gasteiger partial charge on any atom is 0.404 e. The van der Waals surface area contributed by atoms with E-state index in [4.69, 9.17) is 5.73 Å². The first-order valence-corrected chi connectivity index (χ1v) is 4.97. The average Bonchev–Trinajstić information content (AvgIpc) is 2.23. The average molecular weight is 240 g/mol. The summed E-state index contributed by atoms with van der Waals surface area (Å²) in [5.74, 6) is -1.14. The van der Waals surface area contributed by atoms with Crippen LogP contribution in [0.1, 0.15) is 15.9 Å². The van der Waals surface area contributed by atoms with Gasteiger partial charge in [0.05, 0.1) is 12.1 Å². The first-order valence-electron chi connectivity index (χ1n) is 4.97. The number of aryl methyl sites for hydroxylation is 1. The van der Waals surface area contributed by atoms with Crippen molar-refractivity contribution in [3.63, 3.8) is 0 Å². The van der Waals surface area contributed by atoms with Crippen molar-refractivity contribution in [2.24, 2.45) is 5.73 Å². The molecular formula is C11H13FN2O3. The van der Waals surface area contributed by atoms with Crippen LogP contribution in [0, 0.1) is 12.7 Å². The third kappa shape index (κ3) is 4.10. The van der Waals surface area contributed by atoms with Crippen molar-refractivity contribution in [2.75, 3.05) is 13.2 Å². The van der Waals surface area contributed by atoms with Crippen LogP contribution < -0.4 is 11.1 Å². The van der Waals surface area contributed by atoms with Gasteiger partial charge in [-0.25, -0.2) is 9.18 Å². The van der Waals surface area contributed by atoms with Crippen molar-refractivity contribution in [3.05, 3.63) is 35.1 Å². The minimum atomic E-state index is -0.916. The molecule has 0 radical (unpaired) electrons. The van der Waals surface area contributed by atoms with Crippen molar-refractivity contribution < 1.29 is 18.7 Å². The van der Waals surface area contributed by atoms with Gasteiger partial charge in [-0.1, -0.05) is 6.07 Å². The molecule has 92 valence electrons. The van der Waals surface area contributed by atoms with Gasteiger partial charge >= 0.3 is 6.09 Å². The number of hydrogen-bond donors (Lipinski definition) is 2. The third-order valence-corrected chi connectivity index (χ3v) is 2.00. The maximum absolute atomic E-state index is 13.4. The molecule has 1 rings (SSSR count). The quantitative estimate of drug-likeness (QED) is 0.769. The summed E-state index contributed by atoms with van der Waals surface area (Å²) in [7, 11) is 0. The SMILES string of the molecule is Cc1ccc(C(=O)NCCOC(N)=O)c(F)c1. The molecule has 1 aromatic carbocycles. The highest BCUT2D eigenvalue weighted by Crippen LogP contribution is 2.09. The number of nitrogens with two attached hydrogens (primary N) is 1. The zero-order chi connectivity index (χ0) is 12.8. The van der Waals surface area contributed by atoms with Crippen LogP contribution in [-0.4, -0.2) is 25.2 Å². The lowest BCUT2D eigenvalue weighted by atomic mass is 10.1. The van der Waals surface area contributed by atoms with Gasteiger partial charge in [-0.15, -0.1) is 0 Å². The van der Waals surface area contributed by atoms with Crippen molar-refractivity contribution >= 4 is 12.0 Å². The molecule has 0 saturated carbocycles. The lowest BCUT2D eigenvalue weighted by Crippen LogP contribution is -2.29. The molecule has 0 bridgehead atoms. The number of halogens is 1. The van der Waals surface area contributed by atoms with Crippen LogP contribution in [0.25, 0.3) is 0 Å². The summed E-state index contributed by atoms with van der Waals surface area (Å²) in [4.78, 5) is 21.7. The first-order chi connectivity index (χ1) is 8.00. The fourth-order valence-corrected chi connectivity index (χ4v) is 1.22. The molecule has 0 atom stereocenters. The van der Waals surface area contributed by atoms with E-state index in [0.717, 1.165) is 5.56 Å². The third-order valence-electron chi connectivity index (χ3n) is 2.00. The Morgan fingerprint density at radius 3 is 2.76 bits per heavy atom. The molecule has 6 heteroatoms. The molecule has 0 fully saturated rings. The smallest absolute Gasteiger partial charge is 0.404 e. The Morgan fingerprint density at radius 1 is 1.47 bits per heavy atom. The Bertz CT molecular complexity index is 435. The van der Waals surface area contributed by atoms with Crippen molar-refractivity contribution in [2.45, 2.75) is 6.92 Å². The zero-order valence-electron chi connectivity index (χ0n) is 9.33. The van der Waals surface area contributed by atoms with E-state index in [9.17, 15) is 14.0 Å². The number of amides is 2. The van der Waals surface area contributed by atoms with Crippen LogP contribution >= 0.6 is 0 Å². The number of rotatable bonds is 4. The summed E-state index contributed by atoms with van der Waals surface area (Å²) in [5.41, 5.74) is 5.41. The van der Waals surface area contributed by atoms with Gasteiger partial charge in [-0.05, 0) is 24.6 Å². The molecule has 0 aliphatic carbocycles. The van der Waals surface area contributed by atoms with Crippen LogP contribution in [0.15, 0.2) is 18.2 Å². The van der Waals surface area contributed by atoms with Crippen LogP contribution in [0.4, 0.5) is 9.18 Å². The lowest BCUT2D eigenvalue weighted by Gasteiger charge is -2.06. The molecule has 0 unspecified atom stereocenters. The number of carbonyl (C=O) groups excluding carboxylic acids is 2. The molecule has 0 heterocycles. The largest absolute Gasteiger partial charge is 0.448 e. The second kappa shape index (κ2) is 5.83. The molecule has 3 N–H and O–H groups in total. The number of primary amides is 1. The first kappa shape index (κ1) is 13.0. The summed E-state index contributed by atoms with van der Waals surface area (Å²) < 4.78 is 17.8. The Balaban J connectivity index is 2.50. The van der Waals surface area contributed by atoms with E-state index in [2.05, 4.69) is 10.1 Å². The fourth-order valence-electron chi connectivity index (χ4n) is 1.22. The van der Waals surface area contributed by atoms with Crippen molar-refractivity contribution in [1.82, 2.24) is 5.32 Å². The summed E-state index contributed by atoms with van der Waals surface area (Å²) in [6.45, 7) is 1.76. The van der Waals surface area contributed by atoms with E-state index in [-0.39, 0.29) is 18.7 Å². The number of benzene rings is 1. The van der Waals surface area contributed by atoms with Gasteiger partial charge in [0, 0.05) is 0 Å². The van der Waals surface area contributed by atoms with Gasteiger partial charge in [0.2, 0.25) is 0 Å². The Labute approximate surface area is 97.7 Å². The standard InChI is InChI=1S/C11H13FN2O3/c1-7-2-3-8(9(12)6-7)10(15)14-4-5-17-11(13)16/h2-3,6H,4-5H2,1H3,(H2,13,16)(H,14,15). The molecule has 0 aromatic heterocycles. The molecule has 0 aliphatic rings. The molecule has 0 spiro atoms. The fraction of sp³-hybridized carbons (Fsp3) is 0.273. The molecular weight excluding hydrogens is 227 g/mol. The summed E-state index contributed by atoms with van der Waals surface area (Å²) in [6, 6.07) is 4.31. The van der Waals surface area contributed by atoms with Gasteiger partial charge < -0.3 is 15.8 Å². The van der Waals surface area contributed by atoms with E-state index in [0.29, 0.717) is 0 Å². The highest BCUT2D eigenvalue weighted by atomic mass is 19.1. The number of carbonyl (C=O) groups is 2. The second-order valence-electron chi connectivity index (χ2n) is 3.41. The van der Waals surface area contributed by atoms with E-state index in [1.807, 2.05) is 0 Å². The number of ether oxygens (including phenoxy) is 1. The predicted molar refractivity (Wildman–Crippen MR) is 59.0 cm³/mol. The van der Waals surface area contributed by atoms with Gasteiger partial charge in [-0.3, -0.25) is 4.79 Å². The maximum atomic E-state index is 13.4. The van der Waals surface area contributed by atoms with E-state index in [1.165, 1.54) is 12.1 Å². The Kier molecular flexibility index (Phi) is 4.45. The highest BCUT2D eigenvalue weighted by molar-refractivity contribution is 5.94. The number of hydrogen-bond acceptors (Lipinski definition) is 3. The van der Waals surface area contributed by atoms with E-state index >= 15 is 0 Å². The van der Waals surface area contributed by atoms with Crippen LogP contribution in [0.5, 0.6) is 0 Å². The van der Waals surface area contributed by atoms with E-state index < -0.39 is 17.8 Å². The minimum absolute atomic E-state index is 0.0466. The monoisotopic (exact) mass is 240 g/mol. The van der Waals surface area contributed by atoms with E-state index in [1.54, 1.807) is 13.0 Å². The van der Waals surface area contributed by atoms with Gasteiger partial charge in [0.15, 0.2) is 0 Å². The highest BCUT2D eigenvalue weighted by Gasteiger charge is 2.10. The molecule has 0 aliphatic heterocycles. The number of nitrogens with one attached hydrogen (secondary N) is 1. The Morgan fingerprint density at radius 2 is 2.18 bits per heavy atom. The van der Waals surface area contributed by atoms with Crippen LogP contribution in [0.3, 0.4) is 0 Å². The predicted octanol–water partition coefficient (Wildman–Crippen LogP) is 0.959. The Hall–Kier alpha value is -2.11. The topological polar surface area (TPSA) is 81.4 Å². The van der Waals surface area contributed by atoms with Crippen LogP contribution in [-0.2, 0) is 4.74 Å². The van der Waals surface area contributed by atoms with Gasteiger partial charge in [0.25, 0.3) is 5.91 Å². The van der Waals surface area contributed by atoms with Gasteiger partial charge in [-0.2, -0.15) is 0 Å². The normalized spacial score (nSPS) is 9.76. The van der Waals surface area contributed by atoms with Crippen molar-refractivity contribution in [3.8, 4) is 0 Å². The summed E-state index contributed by atoms with van der Waals surface area (Å²) >= 11 is 0. The molecule has 0 saturated heterocycles. The van der Waals surface area contributed by atoms with Crippen molar-refractivity contribution in [1.29, 1.82) is 0 Å². The molecule has 17 heavy (non-hydrogen) atoms. The lowest BCUT2D eigenvalue weighted by molar-refractivity contribution is 0.0933. The van der Waals surface area contributed by atoms with Crippen LogP contribution in [0.2, 0.25) is 0 Å².